The predicted molar refractivity (Wildman–Crippen MR) is 79.0 cm³/mol. The normalized spacial score (nSPS) is 23.4. The Bertz CT molecular complexity index is 358. The third kappa shape index (κ3) is 2.76. The Morgan fingerprint density at radius 3 is 2.82 bits per heavy atom. The van der Waals surface area contributed by atoms with Gasteiger partial charge in [0.1, 0.15) is 0 Å². The van der Waals surface area contributed by atoms with Crippen molar-refractivity contribution in [2.24, 2.45) is 0 Å². The zero-order valence-electron chi connectivity index (χ0n) is 10.8. The average Bonchev–Trinajstić information content (AvgIpc) is 2.39. The summed E-state index contributed by atoms with van der Waals surface area (Å²) in [5.41, 5.74) is 3.64. The topological polar surface area (TPSA) is 0 Å². The summed E-state index contributed by atoms with van der Waals surface area (Å²) in [6.07, 6.45) is 9.41. The number of unbranched alkanes of at least 4 members (excludes halogenated alkanes) is 2. The molecule has 0 radical (unpaired) electrons. The number of hydrogen-bond acceptors (Lipinski definition) is 0. The summed E-state index contributed by atoms with van der Waals surface area (Å²) in [6.45, 7) is 2.29. The Hall–Kier alpha value is -0.300. The number of rotatable bonds is 5. The zero-order valence-corrected chi connectivity index (χ0v) is 12.4. The molecule has 1 aliphatic carbocycles. The second-order valence-corrected chi connectivity index (χ2v) is 5.94. The molecule has 1 aromatic rings. The summed E-state index contributed by atoms with van der Waals surface area (Å²) in [4.78, 5) is 0. The molecule has 0 amide bonds. The molecule has 0 aromatic heterocycles. The van der Waals surface area contributed by atoms with E-state index in [1.807, 2.05) is 0 Å². The molecule has 2 rings (SSSR count). The van der Waals surface area contributed by atoms with Crippen molar-refractivity contribution in [1.82, 2.24) is 0 Å². The van der Waals surface area contributed by atoms with Crippen molar-refractivity contribution in [2.75, 3.05) is 5.33 Å². The molecule has 1 atom stereocenters. The van der Waals surface area contributed by atoms with E-state index in [2.05, 4.69) is 47.1 Å². The van der Waals surface area contributed by atoms with Crippen molar-refractivity contribution in [1.29, 1.82) is 0 Å². The Kier molecular flexibility index (Phi) is 4.67. The number of aryl methyl sites for hydroxylation is 1. The van der Waals surface area contributed by atoms with Crippen LogP contribution in [0.15, 0.2) is 24.3 Å². The SMILES string of the molecule is CCCCCC1(CBr)CCCc2ccccc21. The second kappa shape index (κ2) is 6.04. The van der Waals surface area contributed by atoms with Gasteiger partial charge in [-0.1, -0.05) is 66.4 Å². The number of benzene rings is 1. The van der Waals surface area contributed by atoms with Crippen LogP contribution in [0.25, 0.3) is 0 Å². The lowest BCUT2D eigenvalue weighted by Crippen LogP contribution is -2.32. The van der Waals surface area contributed by atoms with Crippen molar-refractivity contribution in [3.8, 4) is 0 Å². The molecular weight excluding hydrogens is 272 g/mol. The van der Waals surface area contributed by atoms with Crippen LogP contribution in [-0.2, 0) is 11.8 Å². The van der Waals surface area contributed by atoms with Gasteiger partial charge in [-0.3, -0.25) is 0 Å². The van der Waals surface area contributed by atoms with Crippen molar-refractivity contribution in [3.63, 3.8) is 0 Å². The monoisotopic (exact) mass is 294 g/mol. The molecular formula is C16H23Br. The first-order chi connectivity index (χ1) is 8.32. The van der Waals surface area contributed by atoms with Crippen LogP contribution in [0.2, 0.25) is 0 Å². The summed E-state index contributed by atoms with van der Waals surface area (Å²) in [5, 5.41) is 1.13. The highest BCUT2D eigenvalue weighted by Gasteiger charge is 2.34. The van der Waals surface area contributed by atoms with Crippen LogP contribution in [0, 0.1) is 0 Å². The quantitative estimate of drug-likeness (QED) is 0.515. The van der Waals surface area contributed by atoms with Crippen LogP contribution in [0.3, 0.4) is 0 Å². The Morgan fingerprint density at radius 1 is 1.24 bits per heavy atom. The number of hydrogen-bond donors (Lipinski definition) is 0. The van der Waals surface area contributed by atoms with E-state index in [1.165, 1.54) is 44.9 Å². The fourth-order valence-corrected chi connectivity index (χ4v) is 4.05. The Balaban J connectivity index is 2.22. The molecule has 0 aliphatic heterocycles. The van der Waals surface area contributed by atoms with Gasteiger partial charge in [0.25, 0.3) is 0 Å². The molecule has 0 spiro atoms. The first-order valence-electron chi connectivity index (χ1n) is 6.97. The second-order valence-electron chi connectivity index (χ2n) is 5.38. The highest BCUT2D eigenvalue weighted by atomic mass is 79.9. The van der Waals surface area contributed by atoms with E-state index in [-0.39, 0.29) is 0 Å². The lowest BCUT2D eigenvalue weighted by molar-refractivity contribution is 0.362. The minimum absolute atomic E-state index is 0.421. The predicted octanol–water partition coefficient (Wildman–Crippen LogP) is 5.24. The van der Waals surface area contributed by atoms with E-state index in [1.54, 1.807) is 11.1 Å². The molecule has 0 saturated heterocycles. The lowest BCUT2D eigenvalue weighted by atomic mass is 9.68. The van der Waals surface area contributed by atoms with Gasteiger partial charge in [0.05, 0.1) is 0 Å². The molecule has 1 unspecified atom stereocenters. The third-order valence-corrected chi connectivity index (χ3v) is 5.28. The Labute approximate surface area is 114 Å². The minimum atomic E-state index is 0.421. The summed E-state index contributed by atoms with van der Waals surface area (Å²) in [5.74, 6) is 0. The van der Waals surface area contributed by atoms with Crippen LogP contribution in [0.4, 0.5) is 0 Å². The van der Waals surface area contributed by atoms with E-state index >= 15 is 0 Å². The lowest BCUT2D eigenvalue weighted by Gasteiger charge is -2.38. The van der Waals surface area contributed by atoms with Gasteiger partial charge in [-0.05, 0) is 36.8 Å². The van der Waals surface area contributed by atoms with E-state index in [0.717, 1.165) is 5.33 Å². The van der Waals surface area contributed by atoms with Gasteiger partial charge < -0.3 is 0 Å². The van der Waals surface area contributed by atoms with Gasteiger partial charge in [-0.2, -0.15) is 0 Å². The van der Waals surface area contributed by atoms with Crippen LogP contribution in [0.5, 0.6) is 0 Å². The van der Waals surface area contributed by atoms with Crippen molar-refractivity contribution >= 4 is 15.9 Å². The summed E-state index contributed by atoms with van der Waals surface area (Å²) in [7, 11) is 0. The maximum absolute atomic E-state index is 3.79. The molecule has 0 fully saturated rings. The number of alkyl halides is 1. The number of fused-ring (bicyclic) bond motifs is 1. The summed E-state index contributed by atoms with van der Waals surface area (Å²) in [6, 6.07) is 9.09. The first kappa shape index (κ1) is 13.1. The fraction of sp³-hybridized carbons (Fsp3) is 0.625. The zero-order chi connectivity index (χ0) is 12.1. The molecule has 0 saturated carbocycles. The van der Waals surface area contributed by atoms with E-state index in [4.69, 9.17) is 0 Å². The molecule has 0 bridgehead atoms. The fourth-order valence-electron chi connectivity index (χ4n) is 3.19. The molecule has 0 N–H and O–H groups in total. The number of halogens is 1. The third-order valence-electron chi connectivity index (χ3n) is 4.20. The molecule has 1 aromatic carbocycles. The van der Waals surface area contributed by atoms with Gasteiger partial charge in [0.15, 0.2) is 0 Å². The van der Waals surface area contributed by atoms with Crippen LogP contribution < -0.4 is 0 Å². The largest absolute Gasteiger partial charge is 0.0918 e. The Morgan fingerprint density at radius 2 is 2.06 bits per heavy atom. The summed E-state index contributed by atoms with van der Waals surface area (Å²) >= 11 is 3.79. The molecule has 0 heterocycles. The maximum atomic E-state index is 3.79. The molecule has 17 heavy (non-hydrogen) atoms. The van der Waals surface area contributed by atoms with Gasteiger partial charge in [0, 0.05) is 10.7 Å². The maximum Gasteiger partial charge on any atom is 0.0129 e. The van der Waals surface area contributed by atoms with Crippen molar-refractivity contribution in [3.05, 3.63) is 35.4 Å². The first-order valence-corrected chi connectivity index (χ1v) is 8.09. The molecule has 0 nitrogen and oxygen atoms in total. The van der Waals surface area contributed by atoms with Gasteiger partial charge in [0.2, 0.25) is 0 Å². The minimum Gasteiger partial charge on any atom is -0.0918 e. The van der Waals surface area contributed by atoms with Crippen molar-refractivity contribution in [2.45, 2.75) is 57.3 Å². The van der Waals surface area contributed by atoms with Crippen LogP contribution >= 0.6 is 15.9 Å². The van der Waals surface area contributed by atoms with Gasteiger partial charge >= 0.3 is 0 Å². The van der Waals surface area contributed by atoms with E-state index < -0.39 is 0 Å². The van der Waals surface area contributed by atoms with Gasteiger partial charge in [-0.15, -0.1) is 0 Å². The van der Waals surface area contributed by atoms with Crippen LogP contribution in [-0.4, -0.2) is 5.33 Å². The van der Waals surface area contributed by atoms with Gasteiger partial charge in [-0.25, -0.2) is 0 Å². The summed E-state index contributed by atoms with van der Waals surface area (Å²) < 4.78 is 0. The van der Waals surface area contributed by atoms with Crippen LogP contribution in [0.1, 0.15) is 56.6 Å². The standard InChI is InChI=1S/C16H23Br/c1-2-3-6-11-16(13-17)12-7-9-14-8-4-5-10-15(14)16/h4-5,8,10H,2-3,6-7,9,11-13H2,1H3. The van der Waals surface area contributed by atoms with Crippen molar-refractivity contribution < 1.29 is 0 Å². The molecule has 94 valence electrons. The molecule has 1 heteroatoms. The average molecular weight is 295 g/mol. The van der Waals surface area contributed by atoms with E-state index in [0.29, 0.717) is 5.41 Å². The highest BCUT2D eigenvalue weighted by Crippen LogP contribution is 2.42. The van der Waals surface area contributed by atoms with E-state index in [9.17, 15) is 0 Å². The smallest absolute Gasteiger partial charge is 0.0129 e. The highest BCUT2D eigenvalue weighted by molar-refractivity contribution is 9.09. The molecule has 1 aliphatic rings.